The highest BCUT2D eigenvalue weighted by Gasteiger charge is 2.14. The van der Waals surface area contributed by atoms with Gasteiger partial charge >= 0.3 is 0 Å². The molecule has 88 valence electrons. The van der Waals surface area contributed by atoms with Crippen LogP contribution in [0.1, 0.15) is 23.1 Å². The van der Waals surface area contributed by atoms with Gasteiger partial charge in [0.05, 0.1) is 6.54 Å². The van der Waals surface area contributed by atoms with Gasteiger partial charge in [-0.1, -0.05) is 42.1 Å². The van der Waals surface area contributed by atoms with E-state index in [9.17, 15) is 4.79 Å². The number of carbonyl (C=O) groups excluding carboxylic acids is 1. The lowest BCUT2D eigenvalue weighted by Gasteiger charge is -2.07. The summed E-state index contributed by atoms with van der Waals surface area (Å²) in [5, 5.41) is 8.70. The first kappa shape index (κ1) is 11.9. The highest BCUT2D eigenvalue weighted by molar-refractivity contribution is 7.98. The van der Waals surface area contributed by atoms with E-state index >= 15 is 0 Å². The Balaban J connectivity index is 2.37. The monoisotopic (exact) mass is 247 g/mol. The standard InChI is InChI=1S/C12H13N3OS/c1-9(16)11-13-14-12(17-2)15(11)8-10-6-4-3-5-7-10/h3-7H,8H2,1-2H3. The lowest BCUT2D eigenvalue weighted by molar-refractivity contribution is 0.0999. The minimum Gasteiger partial charge on any atom is -0.295 e. The first-order valence-corrected chi connectivity index (χ1v) is 6.47. The minimum absolute atomic E-state index is 0.0614. The lowest BCUT2D eigenvalue weighted by atomic mass is 10.2. The highest BCUT2D eigenvalue weighted by Crippen LogP contribution is 2.16. The topological polar surface area (TPSA) is 47.8 Å². The number of nitrogens with zero attached hydrogens (tertiary/aromatic N) is 3. The second kappa shape index (κ2) is 5.14. The van der Waals surface area contributed by atoms with Gasteiger partial charge in [-0.2, -0.15) is 0 Å². The molecule has 5 heteroatoms. The number of hydrogen-bond donors (Lipinski definition) is 0. The van der Waals surface area contributed by atoms with E-state index in [1.807, 2.05) is 41.2 Å². The average molecular weight is 247 g/mol. The van der Waals surface area contributed by atoms with Gasteiger partial charge in [-0.25, -0.2) is 0 Å². The van der Waals surface area contributed by atoms with Crippen molar-refractivity contribution in [1.29, 1.82) is 0 Å². The van der Waals surface area contributed by atoms with Crippen LogP contribution in [0.15, 0.2) is 35.5 Å². The van der Waals surface area contributed by atoms with E-state index in [0.29, 0.717) is 12.4 Å². The van der Waals surface area contributed by atoms with Crippen molar-refractivity contribution in [2.24, 2.45) is 0 Å². The SMILES string of the molecule is CSc1nnc(C(C)=O)n1Cc1ccccc1. The van der Waals surface area contributed by atoms with Crippen LogP contribution in [0, 0.1) is 0 Å². The Morgan fingerprint density at radius 2 is 2.00 bits per heavy atom. The molecule has 0 bridgehead atoms. The highest BCUT2D eigenvalue weighted by atomic mass is 32.2. The Morgan fingerprint density at radius 3 is 2.59 bits per heavy atom. The number of benzene rings is 1. The van der Waals surface area contributed by atoms with Gasteiger partial charge in [0.15, 0.2) is 10.9 Å². The van der Waals surface area contributed by atoms with E-state index in [0.717, 1.165) is 10.7 Å². The summed E-state index contributed by atoms with van der Waals surface area (Å²) in [4.78, 5) is 11.5. The maximum Gasteiger partial charge on any atom is 0.200 e. The third kappa shape index (κ3) is 2.55. The van der Waals surface area contributed by atoms with E-state index < -0.39 is 0 Å². The molecule has 4 nitrogen and oxygen atoms in total. The van der Waals surface area contributed by atoms with E-state index in [1.54, 1.807) is 0 Å². The second-order valence-electron chi connectivity index (χ2n) is 3.64. The fraction of sp³-hybridized carbons (Fsp3) is 0.250. The number of carbonyl (C=O) groups is 1. The molecule has 0 aliphatic heterocycles. The zero-order chi connectivity index (χ0) is 12.3. The largest absolute Gasteiger partial charge is 0.295 e. The molecule has 1 heterocycles. The quantitative estimate of drug-likeness (QED) is 0.614. The summed E-state index contributed by atoms with van der Waals surface area (Å²) >= 11 is 1.49. The Kier molecular flexibility index (Phi) is 3.58. The van der Waals surface area contributed by atoms with Crippen LogP contribution in [0.25, 0.3) is 0 Å². The molecule has 1 aromatic heterocycles. The second-order valence-corrected chi connectivity index (χ2v) is 4.41. The maximum atomic E-state index is 11.5. The van der Waals surface area contributed by atoms with Crippen molar-refractivity contribution in [3.8, 4) is 0 Å². The van der Waals surface area contributed by atoms with Crippen LogP contribution in [0.4, 0.5) is 0 Å². The molecule has 0 aliphatic rings. The van der Waals surface area contributed by atoms with E-state index in [-0.39, 0.29) is 5.78 Å². The first-order valence-electron chi connectivity index (χ1n) is 5.24. The predicted octanol–water partition coefficient (Wildman–Crippen LogP) is 2.25. The Bertz CT molecular complexity index is 522. The number of Topliss-reactive ketones (excluding diaryl/α,β-unsaturated/α-hetero) is 1. The molecule has 0 saturated carbocycles. The van der Waals surface area contributed by atoms with Crippen molar-refractivity contribution in [1.82, 2.24) is 14.8 Å². The molecule has 0 N–H and O–H groups in total. The number of aromatic nitrogens is 3. The zero-order valence-corrected chi connectivity index (χ0v) is 10.6. The van der Waals surface area contributed by atoms with Crippen LogP contribution in [-0.4, -0.2) is 26.8 Å². The van der Waals surface area contributed by atoms with Crippen LogP contribution in [0.5, 0.6) is 0 Å². The number of thioether (sulfide) groups is 1. The van der Waals surface area contributed by atoms with Gasteiger partial charge in [0.25, 0.3) is 0 Å². The van der Waals surface area contributed by atoms with Gasteiger partial charge in [0.2, 0.25) is 5.82 Å². The molecule has 0 fully saturated rings. The van der Waals surface area contributed by atoms with Crippen LogP contribution in [0.3, 0.4) is 0 Å². The van der Waals surface area contributed by atoms with Crippen molar-refractivity contribution in [3.05, 3.63) is 41.7 Å². The summed E-state index contributed by atoms with van der Waals surface area (Å²) < 4.78 is 1.85. The van der Waals surface area contributed by atoms with E-state index in [4.69, 9.17) is 0 Å². The zero-order valence-electron chi connectivity index (χ0n) is 9.75. The van der Waals surface area contributed by atoms with Crippen molar-refractivity contribution in [2.45, 2.75) is 18.6 Å². The third-order valence-corrected chi connectivity index (χ3v) is 3.07. The van der Waals surface area contributed by atoms with E-state index in [2.05, 4.69) is 10.2 Å². The van der Waals surface area contributed by atoms with Crippen molar-refractivity contribution in [3.63, 3.8) is 0 Å². The Hall–Kier alpha value is -1.62. The first-order chi connectivity index (χ1) is 8.22. The van der Waals surface area contributed by atoms with Gasteiger partial charge < -0.3 is 0 Å². The molecular formula is C12H13N3OS. The van der Waals surface area contributed by atoms with E-state index in [1.165, 1.54) is 18.7 Å². The maximum absolute atomic E-state index is 11.5. The molecule has 0 amide bonds. The molecule has 0 radical (unpaired) electrons. The lowest BCUT2D eigenvalue weighted by Crippen LogP contribution is -2.09. The van der Waals surface area contributed by atoms with Crippen LogP contribution < -0.4 is 0 Å². The fourth-order valence-electron chi connectivity index (χ4n) is 1.61. The van der Waals surface area contributed by atoms with Crippen molar-refractivity contribution < 1.29 is 4.79 Å². The molecule has 2 rings (SSSR count). The minimum atomic E-state index is -0.0614. The number of rotatable bonds is 4. The molecule has 17 heavy (non-hydrogen) atoms. The smallest absolute Gasteiger partial charge is 0.200 e. The van der Waals surface area contributed by atoms with Gasteiger partial charge in [0, 0.05) is 6.92 Å². The number of hydrogen-bond acceptors (Lipinski definition) is 4. The molecule has 0 spiro atoms. The molecule has 0 unspecified atom stereocenters. The van der Waals surface area contributed by atoms with Crippen molar-refractivity contribution >= 4 is 17.5 Å². The molecule has 0 saturated heterocycles. The summed E-state index contributed by atoms with van der Waals surface area (Å²) in [7, 11) is 0. The molecule has 0 atom stereocenters. The molecule has 0 aliphatic carbocycles. The summed E-state index contributed by atoms with van der Waals surface area (Å²) in [6, 6.07) is 9.97. The van der Waals surface area contributed by atoms with Gasteiger partial charge in [-0.05, 0) is 11.8 Å². The summed E-state index contributed by atoms with van der Waals surface area (Å²) in [6.07, 6.45) is 1.93. The van der Waals surface area contributed by atoms with Crippen LogP contribution in [0.2, 0.25) is 0 Å². The summed E-state index contributed by atoms with van der Waals surface area (Å²) in [5.41, 5.74) is 1.13. The Labute approximate surface area is 104 Å². The predicted molar refractivity (Wildman–Crippen MR) is 67.4 cm³/mol. The normalized spacial score (nSPS) is 10.5. The number of ketones is 1. The molecule has 1 aromatic carbocycles. The Morgan fingerprint density at radius 1 is 1.29 bits per heavy atom. The molecular weight excluding hydrogens is 234 g/mol. The summed E-state index contributed by atoms with van der Waals surface area (Å²) in [5.74, 6) is 0.354. The van der Waals surface area contributed by atoms with Gasteiger partial charge in [-0.3, -0.25) is 9.36 Å². The fourth-order valence-corrected chi connectivity index (χ4v) is 2.10. The third-order valence-electron chi connectivity index (χ3n) is 2.40. The van der Waals surface area contributed by atoms with Crippen LogP contribution >= 0.6 is 11.8 Å². The summed E-state index contributed by atoms with van der Waals surface area (Å²) in [6.45, 7) is 2.13. The van der Waals surface area contributed by atoms with Gasteiger partial charge in [-0.15, -0.1) is 10.2 Å². The average Bonchev–Trinajstić information content (AvgIpc) is 2.73. The molecule has 2 aromatic rings. The van der Waals surface area contributed by atoms with Crippen molar-refractivity contribution in [2.75, 3.05) is 6.26 Å². The van der Waals surface area contributed by atoms with Crippen LogP contribution in [-0.2, 0) is 6.54 Å². The van der Waals surface area contributed by atoms with Gasteiger partial charge in [0.1, 0.15) is 0 Å².